The molecule has 0 N–H and O–H groups in total. The van der Waals surface area contributed by atoms with Crippen LogP contribution in [0.2, 0.25) is 0 Å². The average Bonchev–Trinajstić information content (AvgIpc) is 3.01. The number of hydrogen-bond donors (Lipinski definition) is 0. The Morgan fingerprint density at radius 2 is 2.10 bits per heavy atom. The largest absolute Gasteiger partial charge is 0.462 e. The maximum absolute atomic E-state index is 12.8. The van der Waals surface area contributed by atoms with Gasteiger partial charge in [-0.2, -0.15) is 0 Å². The van der Waals surface area contributed by atoms with E-state index >= 15 is 0 Å². The van der Waals surface area contributed by atoms with Crippen LogP contribution >= 0.6 is 0 Å². The SMILES string of the molecule is C=C1CCC[C@]2(C)C[C@H]3OC(=O)[C@H](CN4CCN(c5ccccn5)CC4)[C@@H]3C[C@@H]12. The topological polar surface area (TPSA) is 45.7 Å². The molecule has 5 heteroatoms. The van der Waals surface area contributed by atoms with Gasteiger partial charge in [-0.3, -0.25) is 9.69 Å². The molecule has 2 saturated carbocycles. The summed E-state index contributed by atoms with van der Waals surface area (Å²) in [5, 5.41) is 0. The van der Waals surface area contributed by atoms with Crippen LogP contribution in [0.3, 0.4) is 0 Å². The summed E-state index contributed by atoms with van der Waals surface area (Å²) in [6, 6.07) is 6.07. The Kier molecular flexibility index (Phi) is 4.89. The zero-order valence-corrected chi connectivity index (χ0v) is 17.6. The van der Waals surface area contributed by atoms with Gasteiger partial charge < -0.3 is 9.64 Å². The van der Waals surface area contributed by atoms with Gasteiger partial charge in [0.25, 0.3) is 0 Å². The molecule has 4 fully saturated rings. The van der Waals surface area contributed by atoms with Crippen molar-refractivity contribution in [2.24, 2.45) is 23.2 Å². The van der Waals surface area contributed by atoms with Crippen molar-refractivity contribution in [1.82, 2.24) is 9.88 Å². The van der Waals surface area contributed by atoms with Gasteiger partial charge in [-0.15, -0.1) is 0 Å². The van der Waals surface area contributed by atoms with Crippen LogP contribution in [0.5, 0.6) is 0 Å². The van der Waals surface area contributed by atoms with Gasteiger partial charge in [-0.25, -0.2) is 4.98 Å². The summed E-state index contributed by atoms with van der Waals surface area (Å²) in [5.74, 6) is 2.05. The minimum atomic E-state index is 0.0284. The quantitative estimate of drug-likeness (QED) is 0.579. The molecule has 3 heterocycles. The number of allylic oxidation sites excluding steroid dienone is 1. The molecular weight excluding hydrogens is 362 g/mol. The molecular formula is C24H33N3O2. The maximum atomic E-state index is 12.8. The number of nitrogens with zero attached hydrogens (tertiary/aromatic N) is 3. The van der Waals surface area contributed by atoms with Crippen molar-refractivity contribution in [3.8, 4) is 0 Å². The van der Waals surface area contributed by atoms with Gasteiger partial charge >= 0.3 is 5.97 Å². The van der Waals surface area contributed by atoms with Crippen LogP contribution < -0.4 is 4.90 Å². The highest BCUT2D eigenvalue weighted by Crippen LogP contribution is 2.56. The molecule has 5 atom stereocenters. The molecule has 2 aliphatic heterocycles. The number of esters is 1. The molecule has 29 heavy (non-hydrogen) atoms. The number of carbonyl (C=O) groups is 1. The van der Waals surface area contributed by atoms with Crippen molar-refractivity contribution in [3.63, 3.8) is 0 Å². The molecule has 0 spiro atoms. The monoisotopic (exact) mass is 395 g/mol. The van der Waals surface area contributed by atoms with Gasteiger partial charge in [0.05, 0.1) is 5.92 Å². The second kappa shape index (κ2) is 7.42. The third-order valence-corrected chi connectivity index (χ3v) is 8.12. The van der Waals surface area contributed by atoms with Crippen molar-refractivity contribution in [2.45, 2.75) is 45.1 Å². The van der Waals surface area contributed by atoms with Crippen molar-refractivity contribution >= 4 is 11.8 Å². The molecule has 5 rings (SSSR count). The highest BCUT2D eigenvalue weighted by atomic mass is 16.6. The number of rotatable bonds is 3. The van der Waals surface area contributed by atoms with E-state index in [-0.39, 0.29) is 23.4 Å². The summed E-state index contributed by atoms with van der Waals surface area (Å²) in [6.07, 6.45) is 7.73. The van der Waals surface area contributed by atoms with Crippen molar-refractivity contribution in [3.05, 3.63) is 36.5 Å². The molecule has 0 unspecified atom stereocenters. The third-order valence-electron chi connectivity index (χ3n) is 8.12. The minimum absolute atomic E-state index is 0.0284. The maximum Gasteiger partial charge on any atom is 0.310 e. The van der Waals surface area contributed by atoms with Crippen LogP contribution in [0.1, 0.15) is 39.0 Å². The first-order valence-corrected chi connectivity index (χ1v) is 11.3. The molecule has 2 aliphatic carbocycles. The van der Waals surface area contributed by atoms with E-state index in [1.165, 1.54) is 18.4 Å². The van der Waals surface area contributed by atoms with Crippen LogP contribution in [0.15, 0.2) is 36.5 Å². The van der Waals surface area contributed by atoms with E-state index < -0.39 is 0 Å². The molecule has 156 valence electrons. The van der Waals surface area contributed by atoms with E-state index in [9.17, 15) is 4.79 Å². The fourth-order valence-electron chi connectivity index (χ4n) is 6.44. The van der Waals surface area contributed by atoms with Crippen LogP contribution in [-0.4, -0.2) is 54.7 Å². The fraction of sp³-hybridized carbons (Fsp3) is 0.667. The highest BCUT2D eigenvalue weighted by molar-refractivity contribution is 5.75. The number of piperazine rings is 1. The number of hydrogen-bond acceptors (Lipinski definition) is 5. The summed E-state index contributed by atoms with van der Waals surface area (Å²) in [7, 11) is 0. The zero-order valence-electron chi connectivity index (χ0n) is 17.6. The molecule has 0 radical (unpaired) electrons. The second-order valence-electron chi connectivity index (χ2n) is 9.88. The first kappa shape index (κ1) is 19.1. The Balaban J connectivity index is 1.23. The lowest BCUT2D eigenvalue weighted by molar-refractivity contribution is -0.146. The van der Waals surface area contributed by atoms with Gasteiger partial charge in [-0.05, 0) is 55.6 Å². The number of fused-ring (bicyclic) bond motifs is 2. The first-order valence-electron chi connectivity index (χ1n) is 11.3. The number of pyridine rings is 1. The Labute approximate surface area is 174 Å². The summed E-state index contributed by atoms with van der Waals surface area (Å²) >= 11 is 0. The predicted molar refractivity (Wildman–Crippen MR) is 114 cm³/mol. The van der Waals surface area contributed by atoms with E-state index in [1.54, 1.807) is 0 Å². The Morgan fingerprint density at radius 1 is 1.28 bits per heavy atom. The smallest absolute Gasteiger partial charge is 0.310 e. The minimum Gasteiger partial charge on any atom is -0.462 e. The van der Waals surface area contributed by atoms with Crippen LogP contribution in [0, 0.1) is 23.2 Å². The third kappa shape index (κ3) is 3.48. The molecule has 1 aromatic heterocycles. The zero-order chi connectivity index (χ0) is 20.0. The van der Waals surface area contributed by atoms with E-state index in [2.05, 4.69) is 34.4 Å². The highest BCUT2D eigenvalue weighted by Gasteiger charge is 2.55. The Morgan fingerprint density at radius 3 is 2.86 bits per heavy atom. The van der Waals surface area contributed by atoms with Crippen molar-refractivity contribution in [1.29, 1.82) is 0 Å². The number of aromatic nitrogens is 1. The van der Waals surface area contributed by atoms with Gasteiger partial charge in [0.15, 0.2) is 0 Å². The van der Waals surface area contributed by atoms with Crippen molar-refractivity contribution < 1.29 is 9.53 Å². The summed E-state index contributed by atoms with van der Waals surface area (Å²) in [6.45, 7) is 11.5. The lowest BCUT2D eigenvalue weighted by atomic mass is 9.55. The summed E-state index contributed by atoms with van der Waals surface area (Å²) in [4.78, 5) is 22.1. The molecule has 0 amide bonds. The van der Waals surface area contributed by atoms with E-state index in [1.807, 2.05) is 18.3 Å². The van der Waals surface area contributed by atoms with Gasteiger partial charge in [0, 0.05) is 44.8 Å². The number of carbonyl (C=O) groups excluding carboxylic acids is 1. The number of ether oxygens (including phenoxy) is 1. The van der Waals surface area contributed by atoms with Gasteiger partial charge in [0.2, 0.25) is 0 Å². The van der Waals surface area contributed by atoms with Crippen LogP contribution in [0.4, 0.5) is 5.82 Å². The lowest BCUT2D eigenvalue weighted by Crippen LogP contribution is -2.50. The molecule has 1 aromatic rings. The van der Waals surface area contributed by atoms with E-state index in [0.717, 1.165) is 57.8 Å². The molecule has 5 nitrogen and oxygen atoms in total. The van der Waals surface area contributed by atoms with Crippen LogP contribution in [-0.2, 0) is 9.53 Å². The predicted octanol–water partition coefficient (Wildman–Crippen LogP) is 3.52. The molecule has 2 saturated heterocycles. The van der Waals surface area contributed by atoms with Crippen molar-refractivity contribution in [2.75, 3.05) is 37.6 Å². The van der Waals surface area contributed by atoms with Crippen LogP contribution in [0.25, 0.3) is 0 Å². The fourth-order valence-corrected chi connectivity index (χ4v) is 6.44. The Hall–Kier alpha value is -1.88. The Bertz CT molecular complexity index is 774. The van der Waals surface area contributed by atoms with Gasteiger partial charge in [-0.1, -0.05) is 25.1 Å². The molecule has 0 aromatic carbocycles. The molecule has 4 aliphatic rings. The van der Waals surface area contributed by atoms with E-state index in [0.29, 0.717) is 11.8 Å². The first-order chi connectivity index (χ1) is 14.0. The van der Waals surface area contributed by atoms with E-state index in [4.69, 9.17) is 4.74 Å². The molecule has 0 bridgehead atoms. The van der Waals surface area contributed by atoms with Gasteiger partial charge in [0.1, 0.15) is 11.9 Å². The number of anilines is 1. The normalized spacial score (nSPS) is 37.8. The lowest BCUT2D eigenvalue weighted by Gasteiger charge is -2.50. The summed E-state index contributed by atoms with van der Waals surface area (Å²) < 4.78 is 5.94. The standard InChI is InChI=1S/C24H33N3O2/c1-17-6-5-8-24(2)15-21-18(14-20(17)24)19(23(28)29-21)16-26-10-12-27(13-11-26)22-7-3-4-9-25-22/h3-4,7,9,18-21H,1,5-6,8,10-16H2,2H3/t18-,19+,20-,21+,24+/m0/s1. The second-order valence-corrected chi connectivity index (χ2v) is 9.88. The summed E-state index contributed by atoms with van der Waals surface area (Å²) in [5.41, 5.74) is 1.69. The average molecular weight is 396 g/mol.